The molecule has 5 N–H and O–H groups in total. The first-order valence-electron chi connectivity index (χ1n) is 8.75. The first kappa shape index (κ1) is 23.6. The zero-order valence-corrected chi connectivity index (χ0v) is 17.2. The predicted molar refractivity (Wildman–Crippen MR) is 107 cm³/mol. The Balaban J connectivity index is 2.82. The van der Waals surface area contributed by atoms with Gasteiger partial charge in [-0.05, 0) is 18.8 Å². The molecule has 27 heavy (non-hydrogen) atoms. The van der Waals surface area contributed by atoms with Crippen molar-refractivity contribution in [3.8, 4) is 0 Å². The molecule has 1 aliphatic rings. The molecule has 1 rings (SSSR count). The van der Waals surface area contributed by atoms with E-state index in [1.54, 1.807) is 13.8 Å². The van der Waals surface area contributed by atoms with E-state index in [-0.39, 0.29) is 17.4 Å². The zero-order valence-electron chi connectivity index (χ0n) is 15.4. The van der Waals surface area contributed by atoms with Crippen molar-refractivity contribution in [3.63, 3.8) is 0 Å². The Bertz CT molecular complexity index is 575. The van der Waals surface area contributed by atoms with Crippen LogP contribution in [0, 0.1) is 5.92 Å². The number of carbonyl (C=O) groups excluding carboxylic acids is 3. The molecule has 0 radical (unpaired) electrons. The Hall–Kier alpha value is -1.46. The summed E-state index contributed by atoms with van der Waals surface area (Å²) >= 11 is 8.04. The summed E-state index contributed by atoms with van der Waals surface area (Å²) in [5.41, 5.74) is 5.80. The largest absolute Gasteiger partial charge is 0.480 e. The van der Waals surface area contributed by atoms with Crippen molar-refractivity contribution in [1.82, 2.24) is 15.5 Å². The summed E-state index contributed by atoms with van der Waals surface area (Å²) in [6, 6.07) is -3.61. The van der Waals surface area contributed by atoms with Crippen molar-refractivity contribution >= 4 is 48.9 Å². The summed E-state index contributed by atoms with van der Waals surface area (Å²) < 4.78 is 0. The zero-order chi connectivity index (χ0) is 20.7. The smallest absolute Gasteiger partial charge is 0.327 e. The highest BCUT2D eigenvalue weighted by Gasteiger charge is 2.38. The number of hydrogen-bond donors (Lipinski definition) is 6. The highest BCUT2D eigenvalue weighted by atomic mass is 32.1. The number of carboxylic acid groups (broad SMARTS) is 1. The standard InChI is InChI=1S/C16H28N4O5S2/c1-8(2)12(17)14(22)18-9(6-26)15(23)20-5-3-4-11(20)13(21)19-10(7-27)16(24)25/h8-12,26-27H,3-7,17H2,1-2H3,(H,18,22)(H,19,21)(H,24,25). The second-order valence-corrected chi connectivity index (χ2v) is 7.52. The Morgan fingerprint density at radius 1 is 1.15 bits per heavy atom. The van der Waals surface area contributed by atoms with Crippen molar-refractivity contribution in [2.24, 2.45) is 11.7 Å². The number of hydrogen-bond acceptors (Lipinski definition) is 7. The summed E-state index contributed by atoms with van der Waals surface area (Å²) in [4.78, 5) is 49.8. The topological polar surface area (TPSA) is 142 Å². The van der Waals surface area contributed by atoms with E-state index >= 15 is 0 Å². The lowest BCUT2D eigenvalue weighted by molar-refractivity contribution is -0.144. The Morgan fingerprint density at radius 2 is 1.74 bits per heavy atom. The summed E-state index contributed by atoms with van der Waals surface area (Å²) in [7, 11) is 0. The van der Waals surface area contributed by atoms with E-state index in [1.165, 1.54) is 4.90 Å². The molecule has 0 aliphatic carbocycles. The number of aliphatic carboxylic acids is 1. The van der Waals surface area contributed by atoms with Crippen LogP contribution in [-0.4, -0.2) is 75.9 Å². The van der Waals surface area contributed by atoms with Gasteiger partial charge in [-0.25, -0.2) is 4.79 Å². The number of amides is 3. The van der Waals surface area contributed by atoms with Crippen LogP contribution in [0.15, 0.2) is 0 Å². The summed E-state index contributed by atoms with van der Waals surface area (Å²) in [5, 5.41) is 14.0. The van der Waals surface area contributed by atoms with E-state index in [9.17, 15) is 19.2 Å². The van der Waals surface area contributed by atoms with Gasteiger partial charge in [0.1, 0.15) is 18.1 Å². The van der Waals surface area contributed by atoms with Gasteiger partial charge in [0.2, 0.25) is 17.7 Å². The number of thiol groups is 2. The van der Waals surface area contributed by atoms with Crippen molar-refractivity contribution in [3.05, 3.63) is 0 Å². The second-order valence-electron chi connectivity index (χ2n) is 6.79. The number of carbonyl (C=O) groups is 4. The van der Waals surface area contributed by atoms with E-state index in [2.05, 4.69) is 35.9 Å². The van der Waals surface area contributed by atoms with Crippen LogP contribution >= 0.6 is 25.3 Å². The molecule has 4 unspecified atom stereocenters. The maximum absolute atomic E-state index is 12.8. The minimum atomic E-state index is -1.20. The highest BCUT2D eigenvalue weighted by Crippen LogP contribution is 2.19. The van der Waals surface area contributed by atoms with Crippen LogP contribution in [0.4, 0.5) is 0 Å². The molecule has 0 spiro atoms. The molecule has 154 valence electrons. The molecular formula is C16H28N4O5S2. The summed E-state index contributed by atoms with van der Waals surface area (Å²) in [5.74, 6) is -2.76. The molecule has 3 amide bonds. The van der Waals surface area contributed by atoms with Crippen LogP contribution in [0.25, 0.3) is 0 Å². The lowest BCUT2D eigenvalue weighted by Gasteiger charge is -2.29. The lowest BCUT2D eigenvalue weighted by atomic mass is 10.0. The maximum atomic E-state index is 12.8. The van der Waals surface area contributed by atoms with E-state index in [0.717, 1.165) is 0 Å². The molecule has 0 aromatic heterocycles. The van der Waals surface area contributed by atoms with E-state index < -0.39 is 47.9 Å². The number of likely N-dealkylation sites (tertiary alicyclic amines) is 1. The summed E-state index contributed by atoms with van der Waals surface area (Å²) in [6.45, 7) is 3.93. The number of rotatable bonds is 9. The molecule has 1 saturated heterocycles. The molecule has 11 heteroatoms. The van der Waals surface area contributed by atoms with Crippen LogP contribution in [0.1, 0.15) is 26.7 Å². The molecule has 4 atom stereocenters. The molecule has 1 heterocycles. The third-order valence-electron chi connectivity index (χ3n) is 4.45. The van der Waals surface area contributed by atoms with Crippen LogP contribution in [0.5, 0.6) is 0 Å². The molecular weight excluding hydrogens is 392 g/mol. The van der Waals surface area contributed by atoms with Gasteiger partial charge in [0, 0.05) is 18.1 Å². The average Bonchev–Trinajstić information content (AvgIpc) is 3.11. The van der Waals surface area contributed by atoms with E-state index in [0.29, 0.717) is 19.4 Å². The van der Waals surface area contributed by atoms with Crippen LogP contribution in [-0.2, 0) is 19.2 Å². The molecule has 9 nitrogen and oxygen atoms in total. The van der Waals surface area contributed by atoms with Crippen molar-refractivity contribution in [2.45, 2.75) is 50.9 Å². The Morgan fingerprint density at radius 3 is 2.22 bits per heavy atom. The van der Waals surface area contributed by atoms with Gasteiger partial charge in [-0.1, -0.05) is 13.8 Å². The maximum Gasteiger partial charge on any atom is 0.327 e. The van der Waals surface area contributed by atoms with Gasteiger partial charge >= 0.3 is 5.97 Å². The highest BCUT2D eigenvalue weighted by molar-refractivity contribution is 7.80. The Kier molecular flexibility index (Phi) is 9.40. The van der Waals surface area contributed by atoms with Crippen molar-refractivity contribution < 1.29 is 24.3 Å². The number of nitrogens with one attached hydrogen (secondary N) is 2. The monoisotopic (exact) mass is 420 g/mol. The molecule has 0 aromatic carbocycles. The molecule has 1 fully saturated rings. The summed E-state index contributed by atoms with van der Waals surface area (Å²) in [6.07, 6.45) is 1.01. The SMILES string of the molecule is CC(C)C(N)C(=O)NC(CS)C(=O)N1CCCC1C(=O)NC(CS)C(=O)O. The third-order valence-corrected chi connectivity index (χ3v) is 5.18. The van der Waals surface area contributed by atoms with Crippen LogP contribution < -0.4 is 16.4 Å². The van der Waals surface area contributed by atoms with Gasteiger partial charge in [-0.15, -0.1) is 0 Å². The minimum Gasteiger partial charge on any atom is -0.480 e. The van der Waals surface area contributed by atoms with Gasteiger partial charge in [-0.3, -0.25) is 14.4 Å². The van der Waals surface area contributed by atoms with Crippen LogP contribution in [0.2, 0.25) is 0 Å². The fourth-order valence-corrected chi connectivity index (χ4v) is 3.21. The van der Waals surface area contributed by atoms with Crippen molar-refractivity contribution in [2.75, 3.05) is 18.1 Å². The molecule has 0 saturated carbocycles. The minimum absolute atomic E-state index is 0.0502. The van der Waals surface area contributed by atoms with Gasteiger partial charge in [-0.2, -0.15) is 25.3 Å². The molecule has 0 bridgehead atoms. The molecule has 1 aliphatic heterocycles. The van der Waals surface area contributed by atoms with Gasteiger partial charge in [0.15, 0.2) is 0 Å². The van der Waals surface area contributed by atoms with Crippen molar-refractivity contribution in [1.29, 1.82) is 0 Å². The Labute approximate surface area is 169 Å². The predicted octanol–water partition coefficient (Wildman–Crippen LogP) is -1.13. The normalized spacial score (nSPS) is 20.1. The van der Waals surface area contributed by atoms with E-state index in [4.69, 9.17) is 10.8 Å². The number of nitrogens with two attached hydrogens (primary N) is 1. The fraction of sp³-hybridized carbons (Fsp3) is 0.750. The van der Waals surface area contributed by atoms with Gasteiger partial charge in [0.05, 0.1) is 6.04 Å². The second kappa shape index (κ2) is 10.8. The quantitative estimate of drug-likeness (QED) is 0.261. The lowest BCUT2D eigenvalue weighted by Crippen LogP contribution is -2.58. The number of nitrogens with zero attached hydrogens (tertiary/aromatic N) is 1. The van der Waals surface area contributed by atoms with Gasteiger partial charge in [0.25, 0.3) is 0 Å². The number of carboxylic acids is 1. The molecule has 0 aromatic rings. The average molecular weight is 421 g/mol. The first-order chi connectivity index (χ1) is 12.6. The third kappa shape index (κ3) is 6.28. The first-order valence-corrected chi connectivity index (χ1v) is 10.0. The fourth-order valence-electron chi connectivity index (χ4n) is 2.71. The van der Waals surface area contributed by atoms with Crippen LogP contribution in [0.3, 0.4) is 0 Å². The van der Waals surface area contributed by atoms with Gasteiger partial charge < -0.3 is 26.4 Å². The van der Waals surface area contributed by atoms with E-state index in [1.807, 2.05) is 0 Å².